The fourth-order valence-electron chi connectivity index (χ4n) is 2.85. The molecular weight excluding hydrogens is 240 g/mol. The Kier molecular flexibility index (Phi) is 4.45. The Morgan fingerprint density at radius 1 is 1.42 bits per heavy atom. The van der Waals surface area contributed by atoms with Crippen LogP contribution in [0.2, 0.25) is 0 Å². The van der Waals surface area contributed by atoms with Crippen molar-refractivity contribution < 1.29 is 9.84 Å². The summed E-state index contributed by atoms with van der Waals surface area (Å²) in [6, 6.07) is 8.19. The molecule has 1 aromatic rings. The van der Waals surface area contributed by atoms with Gasteiger partial charge in [-0.1, -0.05) is 12.1 Å². The zero-order valence-electron chi connectivity index (χ0n) is 11.8. The SMILES string of the molecule is COc1ccc(C(CN)N2CCCC(C)(O)C2)cc1. The number of benzene rings is 1. The van der Waals surface area contributed by atoms with E-state index in [0.29, 0.717) is 13.1 Å². The van der Waals surface area contributed by atoms with Gasteiger partial charge in [-0.25, -0.2) is 0 Å². The monoisotopic (exact) mass is 264 g/mol. The van der Waals surface area contributed by atoms with E-state index in [1.165, 1.54) is 5.56 Å². The lowest BCUT2D eigenvalue weighted by molar-refractivity contribution is -0.0292. The van der Waals surface area contributed by atoms with Crippen molar-refractivity contribution in [3.05, 3.63) is 29.8 Å². The number of nitrogens with zero attached hydrogens (tertiary/aromatic N) is 1. The maximum absolute atomic E-state index is 10.2. The Labute approximate surface area is 115 Å². The fraction of sp³-hybridized carbons (Fsp3) is 0.600. The molecule has 4 heteroatoms. The van der Waals surface area contributed by atoms with E-state index >= 15 is 0 Å². The lowest BCUT2D eigenvalue weighted by Gasteiger charge is -2.41. The first kappa shape index (κ1) is 14.3. The van der Waals surface area contributed by atoms with Gasteiger partial charge < -0.3 is 15.6 Å². The molecule has 1 fully saturated rings. The highest BCUT2D eigenvalue weighted by molar-refractivity contribution is 5.29. The van der Waals surface area contributed by atoms with Crippen LogP contribution in [0.4, 0.5) is 0 Å². The summed E-state index contributed by atoms with van der Waals surface area (Å²) in [6.07, 6.45) is 1.88. The Bertz CT molecular complexity index is 403. The van der Waals surface area contributed by atoms with Gasteiger partial charge in [0.2, 0.25) is 0 Å². The number of piperidine rings is 1. The molecule has 0 aliphatic carbocycles. The van der Waals surface area contributed by atoms with E-state index in [4.69, 9.17) is 10.5 Å². The predicted octanol–water partition coefficient (Wildman–Crippen LogP) is 1.54. The van der Waals surface area contributed by atoms with E-state index in [0.717, 1.165) is 25.1 Å². The standard InChI is InChI=1S/C15H24N2O2/c1-15(18)8-3-9-17(11-15)14(10-16)12-4-6-13(19-2)7-5-12/h4-7,14,18H,3,8-11,16H2,1-2H3. The minimum absolute atomic E-state index is 0.165. The molecule has 1 aromatic carbocycles. The van der Waals surface area contributed by atoms with Crippen LogP contribution in [0.25, 0.3) is 0 Å². The van der Waals surface area contributed by atoms with Crippen LogP contribution in [0.5, 0.6) is 5.75 Å². The minimum Gasteiger partial charge on any atom is -0.497 e. The van der Waals surface area contributed by atoms with Crippen molar-refractivity contribution in [3.63, 3.8) is 0 Å². The summed E-state index contributed by atoms with van der Waals surface area (Å²) in [5.74, 6) is 0.852. The molecular formula is C15H24N2O2. The predicted molar refractivity (Wildman–Crippen MR) is 76.2 cm³/mol. The molecule has 0 radical (unpaired) electrons. The van der Waals surface area contributed by atoms with Crippen molar-refractivity contribution in [2.75, 3.05) is 26.7 Å². The van der Waals surface area contributed by atoms with Crippen LogP contribution < -0.4 is 10.5 Å². The minimum atomic E-state index is -0.599. The lowest BCUT2D eigenvalue weighted by Crippen LogP contribution is -2.48. The third-order valence-electron chi connectivity index (χ3n) is 3.87. The fourth-order valence-corrected chi connectivity index (χ4v) is 2.85. The van der Waals surface area contributed by atoms with Gasteiger partial charge in [-0.05, 0) is 44.0 Å². The molecule has 0 spiro atoms. The lowest BCUT2D eigenvalue weighted by atomic mass is 9.92. The smallest absolute Gasteiger partial charge is 0.118 e. The average molecular weight is 264 g/mol. The summed E-state index contributed by atoms with van der Waals surface area (Å²) >= 11 is 0. The number of methoxy groups -OCH3 is 1. The second-order valence-electron chi connectivity index (χ2n) is 5.60. The molecule has 1 aliphatic rings. The molecule has 3 N–H and O–H groups in total. The van der Waals surface area contributed by atoms with Crippen molar-refractivity contribution in [1.82, 2.24) is 4.90 Å². The maximum Gasteiger partial charge on any atom is 0.118 e. The van der Waals surface area contributed by atoms with Gasteiger partial charge in [0.25, 0.3) is 0 Å². The molecule has 1 saturated heterocycles. The summed E-state index contributed by atoms with van der Waals surface area (Å²) < 4.78 is 5.18. The summed E-state index contributed by atoms with van der Waals surface area (Å²) in [6.45, 7) is 4.13. The molecule has 106 valence electrons. The number of likely N-dealkylation sites (tertiary alicyclic amines) is 1. The highest BCUT2D eigenvalue weighted by Gasteiger charge is 2.32. The van der Waals surface area contributed by atoms with Crippen molar-refractivity contribution in [1.29, 1.82) is 0 Å². The number of rotatable bonds is 4. The Morgan fingerprint density at radius 3 is 2.63 bits per heavy atom. The largest absolute Gasteiger partial charge is 0.497 e. The van der Waals surface area contributed by atoms with Crippen LogP contribution in [0, 0.1) is 0 Å². The van der Waals surface area contributed by atoms with Gasteiger partial charge in [0.1, 0.15) is 5.75 Å². The quantitative estimate of drug-likeness (QED) is 0.866. The molecule has 1 aliphatic heterocycles. The van der Waals surface area contributed by atoms with Crippen molar-refractivity contribution in [3.8, 4) is 5.75 Å². The first-order valence-corrected chi connectivity index (χ1v) is 6.86. The van der Waals surface area contributed by atoms with Gasteiger partial charge in [0.15, 0.2) is 0 Å². The van der Waals surface area contributed by atoms with Crippen LogP contribution >= 0.6 is 0 Å². The van der Waals surface area contributed by atoms with Crippen LogP contribution in [-0.2, 0) is 0 Å². The number of hydrogen-bond donors (Lipinski definition) is 2. The average Bonchev–Trinajstić information content (AvgIpc) is 2.39. The number of hydrogen-bond acceptors (Lipinski definition) is 4. The molecule has 0 bridgehead atoms. The number of nitrogens with two attached hydrogens (primary N) is 1. The number of β-amino-alcohol motifs (C(OH)–C–C–N with tert-alkyl or cyclic N) is 1. The van der Waals surface area contributed by atoms with Crippen LogP contribution in [0.1, 0.15) is 31.4 Å². The summed E-state index contributed by atoms with van der Waals surface area (Å²) in [5, 5.41) is 10.2. The highest BCUT2D eigenvalue weighted by atomic mass is 16.5. The van der Waals surface area contributed by atoms with Crippen LogP contribution in [0.3, 0.4) is 0 Å². The van der Waals surface area contributed by atoms with E-state index in [-0.39, 0.29) is 6.04 Å². The Balaban J connectivity index is 2.14. The molecule has 0 saturated carbocycles. The third kappa shape index (κ3) is 3.47. The zero-order valence-corrected chi connectivity index (χ0v) is 11.8. The third-order valence-corrected chi connectivity index (χ3v) is 3.87. The van der Waals surface area contributed by atoms with Crippen molar-refractivity contribution >= 4 is 0 Å². The van der Waals surface area contributed by atoms with Crippen LogP contribution in [0.15, 0.2) is 24.3 Å². The van der Waals surface area contributed by atoms with E-state index in [9.17, 15) is 5.11 Å². The van der Waals surface area contributed by atoms with Gasteiger partial charge >= 0.3 is 0 Å². The van der Waals surface area contributed by atoms with Crippen molar-refractivity contribution in [2.45, 2.75) is 31.4 Å². The highest BCUT2D eigenvalue weighted by Crippen LogP contribution is 2.29. The molecule has 0 aromatic heterocycles. The van der Waals surface area contributed by atoms with E-state index < -0.39 is 5.60 Å². The zero-order chi connectivity index (χ0) is 13.9. The summed E-state index contributed by atoms with van der Waals surface area (Å²) in [7, 11) is 1.66. The molecule has 2 atom stereocenters. The maximum atomic E-state index is 10.2. The van der Waals surface area contributed by atoms with Gasteiger partial charge in [0, 0.05) is 19.1 Å². The van der Waals surface area contributed by atoms with Gasteiger partial charge in [-0.15, -0.1) is 0 Å². The first-order valence-electron chi connectivity index (χ1n) is 6.86. The Morgan fingerprint density at radius 2 is 2.11 bits per heavy atom. The molecule has 2 unspecified atom stereocenters. The topological polar surface area (TPSA) is 58.7 Å². The second kappa shape index (κ2) is 5.90. The summed E-state index contributed by atoms with van der Waals surface area (Å²) in [5.41, 5.74) is 6.52. The first-order chi connectivity index (χ1) is 9.05. The Hall–Kier alpha value is -1.10. The van der Waals surface area contributed by atoms with Gasteiger partial charge in [-0.2, -0.15) is 0 Å². The van der Waals surface area contributed by atoms with E-state index in [2.05, 4.69) is 17.0 Å². The van der Waals surface area contributed by atoms with Crippen LogP contribution in [-0.4, -0.2) is 42.4 Å². The summed E-state index contributed by atoms with van der Waals surface area (Å²) in [4.78, 5) is 2.28. The van der Waals surface area contributed by atoms with Gasteiger partial charge in [0.05, 0.1) is 12.7 Å². The normalized spacial score (nSPS) is 26.1. The molecule has 4 nitrogen and oxygen atoms in total. The molecule has 19 heavy (non-hydrogen) atoms. The van der Waals surface area contributed by atoms with E-state index in [1.54, 1.807) is 7.11 Å². The molecule has 2 rings (SSSR count). The number of ether oxygens (including phenoxy) is 1. The van der Waals surface area contributed by atoms with Gasteiger partial charge in [-0.3, -0.25) is 4.90 Å². The second-order valence-corrected chi connectivity index (χ2v) is 5.60. The molecule has 1 heterocycles. The van der Waals surface area contributed by atoms with Crippen molar-refractivity contribution in [2.24, 2.45) is 5.73 Å². The number of aliphatic hydroxyl groups is 1. The molecule has 0 amide bonds. The van der Waals surface area contributed by atoms with E-state index in [1.807, 2.05) is 19.1 Å².